The van der Waals surface area contributed by atoms with E-state index in [1.165, 1.54) is 6.07 Å². The van der Waals surface area contributed by atoms with Crippen molar-refractivity contribution < 1.29 is 12.8 Å². The van der Waals surface area contributed by atoms with Crippen LogP contribution in [0.15, 0.2) is 23.1 Å². The summed E-state index contributed by atoms with van der Waals surface area (Å²) < 4.78 is 37.7. The van der Waals surface area contributed by atoms with Gasteiger partial charge in [-0.2, -0.15) is 0 Å². The summed E-state index contributed by atoms with van der Waals surface area (Å²) in [4.78, 5) is 0.148. The molecular formula is C12H16FNO2S. The lowest BCUT2D eigenvalue weighted by Gasteiger charge is -2.17. The molecule has 0 saturated carbocycles. The minimum absolute atomic E-state index is 0.148. The summed E-state index contributed by atoms with van der Waals surface area (Å²) in [6.07, 6.45) is 1.38. The zero-order chi connectivity index (χ0) is 12.6. The molecule has 2 unspecified atom stereocenters. The molecule has 0 aromatic heterocycles. The number of hydrogen-bond donors (Lipinski definition) is 1. The minimum Gasteiger partial charge on any atom is -0.312 e. The summed E-state index contributed by atoms with van der Waals surface area (Å²) in [6, 6.07) is 3.78. The molecule has 0 saturated heterocycles. The van der Waals surface area contributed by atoms with Crippen molar-refractivity contribution in [2.75, 3.05) is 7.05 Å². The Labute approximate surface area is 101 Å². The van der Waals surface area contributed by atoms with Crippen LogP contribution in [0.2, 0.25) is 0 Å². The van der Waals surface area contributed by atoms with Crippen LogP contribution in [0.25, 0.3) is 0 Å². The van der Waals surface area contributed by atoms with Gasteiger partial charge in [-0.15, -0.1) is 0 Å². The van der Waals surface area contributed by atoms with Gasteiger partial charge in [-0.3, -0.25) is 0 Å². The maximum absolute atomic E-state index is 13.2. The summed E-state index contributed by atoms with van der Waals surface area (Å²) in [5.41, 5.74) is 0.687. The average molecular weight is 257 g/mol. The van der Waals surface area contributed by atoms with Crippen LogP contribution in [-0.2, 0) is 9.84 Å². The van der Waals surface area contributed by atoms with Crippen LogP contribution in [-0.4, -0.2) is 20.7 Å². The van der Waals surface area contributed by atoms with Crippen LogP contribution < -0.4 is 5.32 Å². The number of halogens is 1. The summed E-state index contributed by atoms with van der Waals surface area (Å²) >= 11 is 0. The smallest absolute Gasteiger partial charge is 0.183 e. The molecule has 0 aliphatic carbocycles. The molecule has 0 amide bonds. The Kier molecular flexibility index (Phi) is 3.23. The van der Waals surface area contributed by atoms with Crippen LogP contribution in [0.3, 0.4) is 0 Å². The summed E-state index contributed by atoms with van der Waals surface area (Å²) in [6.45, 7) is 1.95. The van der Waals surface area contributed by atoms with E-state index in [9.17, 15) is 12.8 Å². The van der Waals surface area contributed by atoms with E-state index in [0.29, 0.717) is 12.0 Å². The van der Waals surface area contributed by atoms with Gasteiger partial charge in [-0.1, -0.05) is 19.4 Å². The quantitative estimate of drug-likeness (QED) is 0.901. The van der Waals surface area contributed by atoms with Crippen molar-refractivity contribution in [2.24, 2.45) is 0 Å². The standard InChI is InChI=1S/C12H16FNO2S/c1-3-4-10-12(14-2)9-6-5-8(13)7-11(9)17(10,15)16/h5-7,10,12,14H,3-4H2,1-2H3. The summed E-state index contributed by atoms with van der Waals surface area (Å²) in [5, 5.41) is 2.55. The number of sulfone groups is 1. The van der Waals surface area contributed by atoms with Gasteiger partial charge in [0, 0.05) is 0 Å². The van der Waals surface area contributed by atoms with E-state index in [1.54, 1.807) is 13.1 Å². The largest absolute Gasteiger partial charge is 0.312 e. The average Bonchev–Trinajstić information content (AvgIpc) is 2.49. The molecule has 1 aliphatic heterocycles. The summed E-state index contributed by atoms with van der Waals surface area (Å²) in [7, 11) is -1.66. The summed E-state index contributed by atoms with van der Waals surface area (Å²) in [5.74, 6) is -0.501. The van der Waals surface area contributed by atoms with Crippen LogP contribution in [0.4, 0.5) is 4.39 Å². The number of rotatable bonds is 3. The molecule has 2 atom stereocenters. The lowest BCUT2D eigenvalue weighted by Crippen LogP contribution is -2.29. The second-order valence-electron chi connectivity index (χ2n) is 4.32. The van der Waals surface area contributed by atoms with E-state index < -0.39 is 20.9 Å². The van der Waals surface area contributed by atoms with Crippen molar-refractivity contribution in [3.05, 3.63) is 29.6 Å². The number of hydrogen-bond acceptors (Lipinski definition) is 3. The second kappa shape index (κ2) is 4.38. The molecular weight excluding hydrogens is 241 g/mol. The molecule has 1 aliphatic rings. The second-order valence-corrected chi connectivity index (χ2v) is 6.46. The molecule has 1 N–H and O–H groups in total. The zero-order valence-corrected chi connectivity index (χ0v) is 10.7. The fourth-order valence-electron chi connectivity index (χ4n) is 2.50. The van der Waals surface area contributed by atoms with E-state index in [2.05, 4.69) is 5.32 Å². The first-order chi connectivity index (χ1) is 8.02. The Balaban J connectivity index is 2.59. The maximum Gasteiger partial charge on any atom is 0.183 e. The lowest BCUT2D eigenvalue weighted by atomic mass is 10.0. The van der Waals surface area contributed by atoms with Crippen molar-refractivity contribution in [3.8, 4) is 0 Å². The lowest BCUT2D eigenvalue weighted by molar-refractivity contribution is 0.513. The third kappa shape index (κ3) is 1.87. The monoisotopic (exact) mass is 257 g/mol. The molecule has 94 valence electrons. The van der Waals surface area contributed by atoms with Crippen molar-refractivity contribution in [3.63, 3.8) is 0 Å². The van der Waals surface area contributed by atoms with E-state index in [4.69, 9.17) is 0 Å². The molecule has 0 bridgehead atoms. The minimum atomic E-state index is -3.39. The first-order valence-electron chi connectivity index (χ1n) is 5.73. The Morgan fingerprint density at radius 1 is 1.41 bits per heavy atom. The molecule has 17 heavy (non-hydrogen) atoms. The third-order valence-corrected chi connectivity index (χ3v) is 5.54. The van der Waals surface area contributed by atoms with Gasteiger partial charge in [-0.05, 0) is 31.2 Å². The number of nitrogens with one attached hydrogen (secondary N) is 1. The van der Waals surface area contributed by atoms with Gasteiger partial charge in [0.05, 0.1) is 16.2 Å². The Hall–Kier alpha value is -0.940. The van der Waals surface area contributed by atoms with Gasteiger partial charge >= 0.3 is 0 Å². The highest BCUT2D eigenvalue weighted by Gasteiger charge is 2.43. The molecule has 1 aromatic carbocycles. The van der Waals surface area contributed by atoms with Crippen LogP contribution in [0, 0.1) is 5.82 Å². The van der Waals surface area contributed by atoms with Crippen molar-refractivity contribution >= 4 is 9.84 Å². The van der Waals surface area contributed by atoms with Gasteiger partial charge in [-0.25, -0.2) is 12.8 Å². The van der Waals surface area contributed by atoms with E-state index in [-0.39, 0.29) is 10.9 Å². The topological polar surface area (TPSA) is 46.2 Å². The van der Waals surface area contributed by atoms with E-state index >= 15 is 0 Å². The molecule has 3 nitrogen and oxygen atoms in total. The Morgan fingerprint density at radius 3 is 2.71 bits per heavy atom. The normalized spacial score (nSPS) is 25.8. The van der Waals surface area contributed by atoms with Crippen molar-refractivity contribution in [1.82, 2.24) is 5.32 Å². The molecule has 5 heteroatoms. The van der Waals surface area contributed by atoms with E-state index in [1.807, 2.05) is 6.92 Å². The molecule has 0 radical (unpaired) electrons. The molecule has 1 aromatic rings. The van der Waals surface area contributed by atoms with Crippen molar-refractivity contribution in [1.29, 1.82) is 0 Å². The molecule has 2 rings (SSSR count). The molecule has 1 heterocycles. The van der Waals surface area contributed by atoms with Crippen molar-refractivity contribution in [2.45, 2.75) is 36.0 Å². The van der Waals surface area contributed by atoms with Gasteiger partial charge < -0.3 is 5.32 Å². The predicted molar refractivity (Wildman–Crippen MR) is 64.1 cm³/mol. The Bertz CT molecular complexity index is 527. The highest BCUT2D eigenvalue weighted by atomic mass is 32.2. The number of fused-ring (bicyclic) bond motifs is 1. The van der Waals surface area contributed by atoms with Gasteiger partial charge in [0.15, 0.2) is 9.84 Å². The van der Waals surface area contributed by atoms with Crippen LogP contribution in [0.1, 0.15) is 31.4 Å². The van der Waals surface area contributed by atoms with Gasteiger partial charge in [0.1, 0.15) is 5.82 Å². The van der Waals surface area contributed by atoms with Crippen LogP contribution >= 0.6 is 0 Å². The highest BCUT2D eigenvalue weighted by Crippen LogP contribution is 2.41. The first-order valence-corrected chi connectivity index (χ1v) is 7.27. The third-order valence-electron chi connectivity index (χ3n) is 3.27. The molecule has 0 fully saturated rings. The SMILES string of the molecule is CCCC1C(NC)c2ccc(F)cc2S1(=O)=O. The predicted octanol–water partition coefficient (Wildman–Crippen LogP) is 2.04. The zero-order valence-electron chi connectivity index (χ0n) is 9.90. The molecule has 0 spiro atoms. The maximum atomic E-state index is 13.2. The van der Waals surface area contributed by atoms with Gasteiger partial charge in [0.25, 0.3) is 0 Å². The highest BCUT2D eigenvalue weighted by molar-refractivity contribution is 7.92. The Morgan fingerprint density at radius 2 is 2.12 bits per heavy atom. The van der Waals surface area contributed by atoms with Crippen LogP contribution in [0.5, 0.6) is 0 Å². The van der Waals surface area contributed by atoms with E-state index in [0.717, 1.165) is 12.5 Å². The fraction of sp³-hybridized carbons (Fsp3) is 0.500. The fourth-order valence-corrected chi connectivity index (χ4v) is 4.82. The van der Waals surface area contributed by atoms with Gasteiger partial charge in [0.2, 0.25) is 0 Å². The first kappa shape index (κ1) is 12.5. The number of benzene rings is 1.